The second kappa shape index (κ2) is 5.62. The van der Waals surface area contributed by atoms with E-state index in [0.717, 1.165) is 10.7 Å². The maximum absolute atomic E-state index is 11.8. The Labute approximate surface area is 114 Å². The van der Waals surface area contributed by atoms with Crippen LogP contribution < -0.4 is 15.0 Å². The van der Waals surface area contributed by atoms with Gasteiger partial charge in [0.2, 0.25) is 0 Å². The second-order valence-corrected chi connectivity index (χ2v) is 3.92. The van der Waals surface area contributed by atoms with Crippen molar-refractivity contribution in [3.63, 3.8) is 0 Å². The summed E-state index contributed by atoms with van der Waals surface area (Å²) in [6, 6.07) is 5.82. The third-order valence-electron chi connectivity index (χ3n) is 2.75. The average molecular weight is 278 g/mol. The fraction of sp³-hybridized carbons (Fsp3) is 0.231. The number of hydrogen-bond acceptors (Lipinski definition) is 6. The van der Waals surface area contributed by atoms with Crippen LogP contribution in [0.4, 0.5) is 0 Å². The van der Waals surface area contributed by atoms with Crippen LogP contribution in [0, 0.1) is 0 Å². The van der Waals surface area contributed by atoms with Gasteiger partial charge in [-0.1, -0.05) is 0 Å². The number of rotatable bonds is 4. The van der Waals surface area contributed by atoms with Crippen molar-refractivity contribution in [3.8, 4) is 22.9 Å². The Bertz CT molecular complexity index is 681. The summed E-state index contributed by atoms with van der Waals surface area (Å²) in [7, 11) is 2.99. The predicted molar refractivity (Wildman–Crippen MR) is 70.5 cm³/mol. The highest BCUT2D eigenvalue weighted by Gasteiger charge is 2.11. The first-order chi connectivity index (χ1) is 9.60. The molecule has 0 saturated carbocycles. The Morgan fingerprint density at radius 1 is 1.20 bits per heavy atom. The third-order valence-corrected chi connectivity index (χ3v) is 2.75. The molecule has 0 aliphatic rings. The van der Waals surface area contributed by atoms with Crippen molar-refractivity contribution in [3.05, 3.63) is 40.3 Å². The maximum atomic E-state index is 11.8. The van der Waals surface area contributed by atoms with Gasteiger partial charge < -0.3 is 19.7 Å². The molecule has 0 bridgehead atoms. The first-order valence-electron chi connectivity index (χ1n) is 5.76. The molecule has 2 aromatic rings. The molecule has 7 nitrogen and oxygen atoms in total. The van der Waals surface area contributed by atoms with E-state index in [1.165, 1.54) is 14.2 Å². The highest BCUT2D eigenvalue weighted by Crippen LogP contribution is 2.28. The summed E-state index contributed by atoms with van der Waals surface area (Å²) in [5.41, 5.74) is -0.0753. The number of aromatic nitrogens is 2. The van der Waals surface area contributed by atoms with Crippen molar-refractivity contribution >= 4 is 0 Å². The van der Waals surface area contributed by atoms with Crippen LogP contribution >= 0.6 is 0 Å². The van der Waals surface area contributed by atoms with E-state index in [-0.39, 0.29) is 11.4 Å². The number of benzene rings is 1. The van der Waals surface area contributed by atoms with Crippen LogP contribution in [0.1, 0.15) is 5.69 Å². The molecule has 2 N–H and O–H groups in total. The number of aliphatic hydroxyl groups is 1. The Morgan fingerprint density at radius 2 is 1.90 bits per heavy atom. The van der Waals surface area contributed by atoms with Gasteiger partial charge in [0, 0.05) is 12.1 Å². The minimum atomic E-state index is -0.521. The highest BCUT2D eigenvalue weighted by atomic mass is 16.5. The normalized spacial score (nSPS) is 10.3. The molecular formula is C13H14N2O5. The summed E-state index contributed by atoms with van der Waals surface area (Å²) in [6.45, 7) is -0.473. The largest absolute Gasteiger partial charge is 0.506 e. The van der Waals surface area contributed by atoms with E-state index in [9.17, 15) is 9.90 Å². The van der Waals surface area contributed by atoms with Crippen molar-refractivity contribution < 1.29 is 19.7 Å². The van der Waals surface area contributed by atoms with E-state index < -0.39 is 12.2 Å². The Kier molecular flexibility index (Phi) is 3.90. The molecule has 2 rings (SSSR count). The lowest BCUT2D eigenvalue weighted by atomic mass is 10.2. The maximum Gasteiger partial charge on any atom is 0.275 e. The number of nitrogens with zero attached hydrogens (tertiary/aromatic N) is 2. The van der Waals surface area contributed by atoms with Gasteiger partial charge in [0.05, 0.1) is 26.5 Å². The van der Waals surface area contributed by atoms with Crippen molar-refractivity contribution in [2.45, 2.75) is 6.61 Å². The quantitative estimate of drug-likeness (QED) is 0.843. The molecule has 0 aliphatic heterocycles. The van der Waals surface area contributed by atoms with Crippen molar-refractivity contribution in [2.75, 3.05) is 14.2 Å². The molecule has 0 saturated heterocycles. The summed E-state index contributed by atoms with van der Waals surface area (Å²) in [5.74, 6) is 0.622. The Morgan fingerprint density at radius 3 is 2.50 bits per heavy atom. The van der Waals surface area contributed by atoms with E-state index in [1.54, 1.807) is 18.2 Å². The monoisotopic (exact) mass is 278 g/mol. The van der Waals surface area contributed by atoms with Crippen LogP contribution in [-0.4, -0.2) is 34.2 Å². The van der Waals surface area contributed by atoms with Gasteiger partial charge in [-0.25, -0.2) is 0 Å². The molecule has 0 aliphatic carbocycles. The minimum Gasteiger partial charge on any atom is -0.506 e. The van der Waals surface area contributed by atoms with Crippen LogP contribution in [0.15, 0.2) is 29.1 Å². The predicted octanol–water partition coefficient (Wildman–Crippen LogP) is 0.448. The minimum absolute atomic E-state index is 0.0133. The number of hydrogen-bond donors (Lipinski definition) is 2. The first kappa shape index (κ1) is 13.9. The van der Waals surface area contributed by atoms with Crippen LogP contribution in [0.3, 0.4) is 0 Å². The van der Waals surface area contributed by atoms with Crippen LogP contribution in [0.5, 0.6) is 17.2 Å². The third kappa shape index (κ3) is 2.43. The lowest BCUT2D eigenvalue weighted by Gasteiger charge is -2.11. The van der Waals surface area contributed by atoms with Crippen molar-refractivity contribution in [1.29, 1.82) is 0 Å². The highest BCUT2D eigenvalue weighted by molar-refractivity contribution is 5.48. The molecule has 1 aromatic carbocycles. The summed E-state index contributed by atoms with van der Waals surface area (Å²) >= 11 is 0. The van der Waals surface area contributed by atoms with Gasteiger partial charge in [0.25, 0.3) is 5.56 Å². The zero-order chi connectivity index (χ0) is 14.7. The van der Waals surface area contributed by atoms with Gasteiger partial charge in [0.15, 0.2) is 11.5 Å². The van der Waals surface area contributed by atoms with Crippen molar-refractivity contribution in [2.24, 2.45) is 0 Å². The van der Waals surface area contributed by atoms with E-state index in [1.807, 2.05) is 0 Å². The SMILES string of the molecule is COc1ccc(-n2nc(CO)c(O)cc2=O)cc1OC. The van der Waals surface area contributed by atoms with Gasteiger partial charge in [0.1, 0.15) is 11.4 Å². The molecule has 0 fully saturated rings. The number of methoxy groups -OCH3 is 2. The lowest BCUT2D eigenvalue weighted by Crippen LogP contribution is -2.21. The second-order valence-electron chi connectivity index (χ2n) is 3.92. The van der Waals surface area contributed by atoms with E-state index in [0.29, 0.717) is 17.2 Å². The van der Waals surface area contributed by atoms with E-state index in [4.69, 9.17) is 14.6 Å². The fourth-order valence-corrected chi connectivity index (χ4v) is 1.74. The number of ether oxygens (including phenoxy) is 2. The van der Waals surface area contributed by atoms with E-state index in [2.05, 4.69) is 5.10 Å². The molecule has 0 amide bonds. The van der Waals surface area contributed by atoms with Gasteiger partial charge in [-0.05, 0) is 12.1 Å². The van der Waals surface area contributed by atoms with Gasteiger partial charge in [-0.15, -0.1) is 0 Å². The average Bonchev–Trinajstić information content (AvgIpc) is 2.46. The molecule has 0 spiro atoms. The van der Waals surface area contributed by atoms with Gasteiger partial charge in [-0.3, -0.25) is 4.79 Å². The number of aliphatic hydroxyl groups excluding tert-OH is 1. The molecule has 7 heteroatoms. The zero-order valence-corrected chi connectivity index (χ0v) is 11.0. The van der Waals surface area contributed by atoms with Gasteiger partial charge >= 0.3 is 0 Å². The zero-order valence-electron chi connectivity index (χ0n) is 11.0. The molecule has 20 heavy (non-hydrogen) atoms. The van der Waals surface area contributed by atoms with Crippen LogP contribution in [-0.2, 0) is 6.61 Å². The molecule has 0 radical (unpaired) electrons. The molecule has 1 aromatic heterocycles. The topological polar surface area (TPSA) is 93.8 Å². The van der Waals surface area contributed by atoms with E-state index >= 15 is 0 Å². The van der Waals surface area contributed by atoms with Crippen LogP contribution in [0.25, 0.3) is 5.69 Å². The van der Waals surface area contributed by atoms with Gasteiger partial charge in [-0.2, -0.15) is 9.78 Å². The summed E-state index contributed by atoms with van der Waals surface area (Å²) in [6.07, 6.45) is 0. The Hall–Kier alpha value is -2.54. The molecule has 0 unspecified atom stereocenters. The van der Waals surface area contributed by atoms with Crippen molar-refractivity contribution in [1.82, 2.24) is 9.78 Å². The fourth-order valence-electron chi connectivity index (χ4n) is 1.74. The molecular weight excluding hydrogens is 264 g/mol. The first-order valence-corrected chi connectivity index (χ1v) is 5.76. The van der Waals surface area contributed by atoms with Crippen LogP contribution in [0.2, 0.25) is 0 Å². The molecule has 1 heterocycles. The molecule has 0 atom stereocenters. The standard InChI is InChI=1S/C13H14N2O5/c1-19-11-4-3-8(5-12(11)20-2)15-13(18)6-10(17)9(7-16)14-15/h3-6,16-17H,7H2,1-2H3. The number of aromatic hydroxyl groups is 1. The summed E-state index contributed by atoms with van der Waals surface area (Å²) in [5, 5.41) is 22.4. The summed E-state index contributed by atoms with van der Waals surface area (Å²) < 4.78 is 11.3. The smallest absolute Gasteiger partial charge is 0.275 e. The summed E-state index contributed by atoms with van der Waals surface area (Å²) in [4.78, 5) is 11.8. The molecule has 106 valence electrons. The lowest BCUT2D eigenvalue weighted by molar-refractivity contribution is 0.266. The Balaban J connectivity index is 2.59.